The molecule has 0 atom stereocenters. The standard InChI is InChI=1S/C21H28N4O5S3/c1-3-24(4-2)33(28,29)20-7-5-6-18(16-20)23-21(31)22-17-8-10-19(11-9-17)32(26,27)25-12-14-30-15-13-25/h5-11,16H,3-4,12-15H2,1-2H3,(H2,22,23,31). The molecule has 0 saturated carbocycles. The van der Waals surface area contributed by atoms with Crippen LogP contribution in [0.3, 0.4) is 0 Å². The van der Waals surface area contributed by atoms with Crippen LogP contribution in [0.25, 0.3) is 0 Å². The Bertz CT molecular complexity index is 1170. The number of rotatable bonds is 8. The lowest BCUT2D eigenvalue weighted by atomic mass is 10.3. The zero-order valence-corrected chi connectivity index (χ0v) is 21.0. The molecule has 1 fully saturated rings. The van der Waals surface area contributed by atoms with Crippen LogP contribution in [0, 0.1) is 0 Å². The molecule has 3 rings (SSSR count). The Morgan fingerprint density at radius 2 is 1.55 bits per heavy atom. The second kappa shape index (κ2) is 10.9. The van der Waals surface area contributed by atoms with Gasteiger partial charge >= 0.3 is 0 Å². The van der Waals surface area contributed by atoms with Crippen LogP contribution in [0.5, 0.6) is 0 Å². The van der Waals surface area contributed by atoms with Gasteiger partial charge in [0.25, 0.3) is 0 Å². The van der Waals surface area contributed by atoms with E-state index < -0.39 is 20.0 Å². The van der Waals surface area contributed by atoms with Crippen LogP contribution in [0.15, 0.2) is 58.3 Å². The van der Waals surface area contributed by atoms with Crippen LogP contribution < -0.4 is 10.6 Å². The third-order valence-electron chi connectivity index (χ3n) is 5.16. The van der Waals surface area contributed by atoms with Gasteiger partial charge in [-0.1, -0.05) is 19.9 Å². The van der Waals surface area contributed by atoms with Crippen molar-refractivity contribution in [3.05, 3.63) is 48.5 Å². The highest BCUT2D eigenvalue weighted by Crippen LogP contribution is 2.21. The minimum absolute atomic E-state index is 0.177. The molecule has 1 aliphatic rings. The smallest absolute Gasteiger partial charge is 0.243 e. The highest BCUT2D eigenvalue weighted by molar-refractivity contribution is 7.89. The maximum Gasteiger partial charge on any atom is 0.243 e. The molecule has 0 aliphatic carbocycles. The van der Waals surface area contributed by atoms with Gasteiger partial charge in [0.2, 0.25) is 20.0 Å². The van der Waals surface area contributed by atoms with E-state index in [0.29, 0.717) is 50.8 Å². The summed E-state index contributed by atoms with van der Waals surface area (Å²) in [7, 11) is -7.16. The maximum absolute atomic E-state index is 12.7. The second-order valence-electron chi connectivity index (χ2n) is 7.24. The molecule has 1 heterocycles. The first-order chi connectivity index (χ1) is 15.7. The van der Waals surface area contributed by atoms with E-state index in [1.807, 2.05) is 0 Å². The molecule has 33 heavy (non-hydrogen) atoms. The van der Waals surface area contributed by atoms with Gasteiger partial charge in [-0.05, 0) is 54.7 Å². The van der Waals surface area contributed by atoms with Crippen molar-refractivity contribution in [2.45, 2.75) is 23.6 Å². The molecule has 2 N–H and O–H groups in total. The van der Waals surface area contributed by atoms with Crippen molar-refractivity contribution in [3.63, 3.8) is 0 Å². The number of thiocarbonyl (C=S) groups is 1. The Labute approximate surface area is 200 Å². The van der Waals surface area contributed by atoms with Gasteiger partial charge in [-0.2, -0.15) is 8.61 Å². The molecule has 0 spiro atoms. The summed E-state index contributed by atoms with van der Waals surface area (Å²) < 4.78 is 58.9. The maximum atomic E-state index is 12.7. The number of morpholine rings is 1. The second-order valence-corrected chi connectivity index (χ2v) is 11.5. The highest BCUT2D eigenvalue weighted by atomic mass is 32.2. The van der Waals surface area contributed by atoms with Crippen molar-refractivity contribution in [2.24, 2.45) is 0 Å². The van der Waals surface area contributed by atoms with Crippen LogP contribution >= 0.6 is 12.2 Å². The molecule has 12 heteroatoms. The fraction of sp³-hybridized carbons (Fsp3) is 0.381. The number of ether oxygens (including phenoxy) is 1. The number of anilines is 2. The molecule has 0 unspecified atom stereocenters. The summed E-state index contributed by atoms with van der Waals surface area (Å²) in [5, 5.41) is 6.20. The number of sulfonamides is 2. The minimum atomic E-state index is -3.59. The van der Waals surface area contributed by atoms with Crippen molar-refractivity contribution < 1.29 is 21.6 Å². The summed E-state index contributed by atoms with van der Waals surface area (Å²) in [5.74, 6) is 0. The number of hydrogen-bond acceptors (Lipinski definition) is 6. The molecular weight excluding hydrogens is 484 g/mol. The third kappa shape index (κ3) is 6.08. The number of benzene rings is 2. The van der Waals surface area contributed by atoms with Crippen molar-refractivity contribution in [3.8, 4) is 0 Å². The quantitative estimate of drug-likeness (QED) is 0.520. The zero-order chi connectivity index (χ0) is 24.1. The Balaban J connectivity index is 1.67. The van der Waals surface area contributed by atoms with Crippen molar-refractivity contribution in [2.75, 3.05) is 50.0 Å². The van der Waals surface area contributed by atoms with Crippen LogP contribution in [-0.2, 0) is 24.8 Å². The summed E-state index contributed by atoms with van der Waals surface area (Å²) in [6.07, 6.45) is 0. The molecule has 9 nitrogen and oxygen atoms in total. The van der Waals surface area contributed by atoms with E-state index >= 15 is 0 Å². The van der Waals surface area contributed by atoms with Gasteiger partial charge in [0, 0.05) is 37.6 Å². The lowest BCUT2D eigenvalue weighted by Gasteiger charge is -2.26. The molecule has 2 aromatic rings. The Kier molecular flexibility index (Phi) is 8.43. The van der Waals surface area contributed by atoms with Crippen LogP contribution in [0.2, 0.25) is 0 Å². The molecule has 0 radical (unpaired) electrons. The monoisotopic (exact) mass is 512 g/mol. The number of hydrogen-bond donors (Lipinski definition) is 2. The van der Waals surface area contributed by atoms with Gasteiger partial charge in [-0.15, -0.1) is 0 Å². The lowest BCUT2D eigenvalue weighted by molar-refractivity contribution is 0.0730. The highest BCUT2D eigenvalue weighted by Gasteiger charge is 2.26. The van der Waals surface area contributed by atoms with E-state index in [-0.39, 0.29) is 14.9 Å². The van der Waals surface area contributed by atoms with E-state index in [0.717, 1.165) is 0 Å². The van der Waals surface area contributed by atoms with Gasteiger partial charge in [0.05, 0.1) is 23.0 Å². The molecule has 1 aliphatic heterocycles. The molecule has 1 saturated heterocycles. The lowest BCUT2D eigenvalue weighted by Crippen LogP contribution is -2.40. The first-order valence-electron chi connectivity index (χ1n) is 10.5. The van der Waals surface area contributed by atoms with E-state index in [1.165, 1.54) is 26.8 Å². The fourth-order valence-corrected chi connectivity index (χ4v) is 6.53. The first kappa shape index (κ1) is 25.5. The molecule has 2 aromatic carbocycles. The van der Waals surface area contributed by atoms with E-state index in [9.17, 15) is 16.8 Å². The average molecular weight is 513 g/mol. The van der Waals surface area contributed by atoms with E-state index in [4.69, 9.17) is 17.0 Å². The summed E-state index contributed by atoms with van der Waals surface area (Å²) in [6, 6.07) is 12.7. The van der Waals surface area contributed by atoms with E-state index in [1.54, 1.807) is 44.2 Å². The summed E-state index contributed by atoms with van der Waals surface area (Å²) in [5.41, 5.74) is 1.12. The minimum Gasteiger partial charge on any atom is -0.379 e. The Hall–Kier alpha value is -2.09. The van der Waals surface area contributed by atoms with Crippen molar-refractivity contribution in [1.29, 1.82) is 0 Å². The SMILES string of the molecule is CCN(CC)S(=O)(=O)c1cccc(NC(=S)Nc2ccc(S(=O)(=O)N3CCOCC3)cc2)c1. The largest absolute Gasteiger partial charge is 0.379 e. The van der Waals surface area contributed by atoms with Gasteiger partial charge in [0.15, 0.2) is 5.11 Å². The summed E-state index contributed by atoms with van der Waals surface area (Å²) >= 11 is 5.34. The predicted molar refractivity (Wildman–Crippen MR) is 132 cm³/mol. The Morgan fingerprint density at radius 1 is 0.939 bits per heavy atom. The van der Waals surface area contributed by atoms with Crippen molar-refractivity contribution >= 4 is 48.8 Å². The first-order valence-corrected chi connectivity index (χ1v) is 13.8. The van der Waals surface area contributed by atoms with Gasteiger partial charge in [-0.3, -0.25) is 0 Å². The molecule has 0 bridgehead atoms. The van der Waals surface area contributed by atoms with Gasteiger partial charge in [-0.25, -0.2) is 16.8 Å². The van der Waals surface area contributed by atoms with Crippen LogP contribution in [-0.4, -0.2) is 70.0 Å². The Morgan fingerprint density at radius 3 is 2.15 bits per heavy atom. The van der Waals surface area contributed by atoms with Gasteiger partial charge < -0.3 is 15.4 Å². The summed E-state index contributed by atoms with van der Waals surface area (Å²) in [4.78, 5) is 0.375. The van der Waals surface area contributed by atoms with Crippen molar-refractivity contribution in [1.82, 2.24) is 8.61 Å². The van der Waals surface area contributed by atoms with Gasteiger partial charge in [0.1, 0.15) is 0 Å². The molecular formula is C21H28N4O5S3. The van der Waals surface area contributed by atoms with E-state index in [2.05, 4.69) is 10.6 Å². The molecule has 0 amide bonds. The predicted octanol–water partition coefficient (Wildman–Crippen LogP) is 2.55. The average Bonchev–Trinajstić information content (AvgIpc) is 2.81. The van der Waals surface area contributed by atoms with Crippen LogP contribution in [0.4, 0.5) is 11.4 Å². The topological polar surface area (TPSA) is 108 Å². The normalized spacial score (nSPS) is 15.4. The third-order valence-corrected chi connectivity index (χ3v) is 9.32. The fourth-order valence-electron chi connectivity index (χ4n) is 3.39. The molecule has 180 valence electrons. The number of nitrogens with zero attached hydrogens (tertiary/aromatic N) is 2. The van der Waals surface area contributed by atoms with Crippen LogP contribution in [0.1, 0.15) is 13.8 Å². The zero-order valence-electron chi connectivity index (χ0n) is 18.5. The summed E-state index contributed by atoms with van der Waals surface area (Å²) in [6.45, 7) is 5.78. The number of nitrogens with one attached hydrogen (secondary N) is 2. The molecule has 0 aromatic heterocycles.